The van der Waals surface area contributed by atoms with E-state index in [9.17, 15) is 0 Å². The van der Waals surface area contributed by atoms with Crippen molar-refractivity contribution in [3.63, 3.8) is 0 Å². The van der Waals surface area contributed by atoms with Gasteiger partial charge in [-0.25, -0.2) is 0 Å². The summed E-state index contributed by atoms with van der Waals surface area (Å²) in [7, 11) is 0. The molecule has 0 amide bonds. The van der Waals surface area contributed by atoms with Crippen LogP contribution in [-0.4, -0.2) is 11.2 Å². The molecule has 0 aromatic heterocycles. The molecule has 0 N–H and O–H groups in total. The van der Waals surface area contributed by atoms with Gasteiger partial charge < -0.3 is 0 Å². The van der Waals surface area contributed by atoms with Crippen LogP contribution in [0.25, 0.3) is 6.08 Å². The molecule has 0 radical (unpaired) electrons. The van der Waals surface area contributed by atoms with Crippen LogP contribution in [0.4, 0.5) is 0 Å². The SMILES string of the molecule is [C-]#[O+].[C-]#[O+].[C-]#[O+].[C-]#[O+].[C-]#[O+].[Cr]=[C]1OCCC/C1=C\c1ccccc1. The van der Waals surface area contributed by atoms with Crippen LogP contribution >= 0.6 is 0 Å². The number of rotatable bonds is 1. The Hall–Kier alpha value is -1.98. The molecule has 122 valence electrons. The van der Waals surface area contributed by atoms with Crippen LogP contribution < -0.4 is 0 Å². The van der Waals surface area contributed by atoms with Gasteiger partial charge in [-0.2, -0.15) is 0 Å². The topological polar surface area (TPSA) is 109 Å². The molecule has 1 aliphatic rings. The van der Waals surface area contributed by atoms with Crippen molar-refractivity contribution in [1.29, 1.82) is 0 Å². The number of hydrogen-bond acceptors (Lipinski definition) is 1. The van der Waals surface area contributed by atoms with E-state index < -0.39 is 0 Å². The Morgan fingerprint density at radius 2 is 1.29 bits per heavy atom. The van der Waals surface area contributed by atoms with Gasteiger partial charge in [0.2, 0.25) is 0 Å². The van der Waals surface area contributed by atoms with E-state index in [4.69, 9.17) is 28.0 Å². The minimum atomic E-state index is 0.842. The van der Waals surface area contributed by atoms with Crippen LogP contribution in [0.15, 0.2) is 35.9 Å². The number of ether oxygens (including phenoxy) is 1. The molecule has 24 heavy (non-hydrogen) atoms. The van der Waals surface area contributed by atoms with Gasteiger partial charge in [-0.05, 0) is 0 Å². The van der Waals surface area contributed by atoms with E-state index in [2.05, 4.69) is 79.4 Å². The summed E-state index contributed by atoms with van der Waals surface area (Å²) in [6.45, 7) is 23.3. The summed E-state index contributed by atoms with van der Waals surface area (Å²) in [5.74, 6) is 0. The average molecular weight is 364 g/mol. The Kier molecular flexibility index (Phi) is 36.3. The first-order valence-electron chi connectivity index (χ1n) is 5.81. The first-order valence-corrected chi connectivity index (χ1v) is 6.45. The molecule has 1 heterocycles. The van der Waals surface area contributed by atoms with Crippen LogP contribution in [0.3, 0.4) is 0 Å². The van der Waals surface area contributed by atoms with Crippen molar-refractivity contribution in [2.24, 2.45) is 0 Å². The Labute approximate surface area is 149 Å². The van der Waals surface area contributed by atoms with E-state index in [1.807, 2.05) is 6.07 Å². The summed E-state index contributed by atoms with van der Waals surface area (Å²) in [4.78, 5) is 0. The van der Waals surface area contributed by atoms with Gasteiger partial charge in [0.15, 0.2) is 0 Å². The zero-order valence-electron chi connectivity index (χ0n) is 12.4. The van der Waals surface area contributed by atoms with Crippen LogP contribution in [0.5, 0.6) is 0 Å². The zero-order valence-corrected chi connectivity index (χ0v) is 13.7. The van der Waals surface area contributed by atoms with Crippen molar-refractivity contribution in [2.45, 2.75) is 12.8 Å². The Morgan fingerprint density at radius 1 is 0.833 bits per heavy atom. The van der Waals surface area contributed by atoms with Crippen LogP contribution in [0.1, 0.15) is 18.4 Å². The van der Waals surface area contributed by atoms with Crippen molar-refractivity contribution in [1.82, 2.24) is 0 Å². The Morgan fingerprint density at radius 3 is 1.71 bits per heavy atom. The fraction of sp³-hybridized carbons (Fsp3) is 0.176. The molecule has 2 rings (SSSR count). The predicted octanol–water partition coefficient (Wildman–Crippen LogP) is 2.37. The third-order valence-corrected chi connectivity index (χ3v) is 2.82. The number of benzene rings is 1. The second kappa shape index (κ2) is 29.1. The summed E-state index contributed by atoms with van der Waals surface area (Å²) in [6.07, 6.45) is 4.41. The fourth-order valence-electron chi connectivity index (χ4n) is 1.50. The average Bonchev–Trinajstić information content (AvgIpc) is 2.72. The molecule has 0 aliphatic carbocycles. The fourth-order valence-corrected chi connectivity index (χ4v) is 1.89. The van der Waals surface area contributed by atoms with Gasteiger partial charge in [-0.15, -0.1) is 0 Å². The molecular weight excluding hydrogens is 352 g/mol. The second-order valence-electron chi connectivity index (χ2n) is 3.32. The van der Waals surface area contributed by atoms with Crippen LogP contribution in [-0.2, 0) is 43.8 Å². The van der Waals surface area contributed by atoms with E-state index in [-0.39, 0.29) is 0 Å². The third kappa shape index (κ3) is 16.4. The molecule has 1 aliphatic heterocycles. The third-order valence-electron chi connectivity index (χ3n) is 2.23. The minimum absolute atomic E-state index is 0.842. The standard InChI is InChI=1S/C12H12O.5CO.Cr/c1-2-5-11(6-3-1)9-12-7-4-8-13-10-12;5*1-2;/h1-3,5-6,9H,4,7-8H2;;;;;;/b12-9+;;;;;;. The Bertz CT molecular complexity index is 517. The van der Waals surface area contributed by atoms with Gasteiger partial charge in [0, 0.05) is 0 Å². The summed E-state index contributed by atoms with van der Waals surface area (Å²) >= 11 is 2.98. The molecule has 1 aromatic carbocycles. The van der Waals surface area contributed by atoms with Crippen molar-refractivity contribution < 1.29 is 43.8 Å². The quantitative estimate of drug-likeness (QED) is 0.553. The van der Waals surface area contributed by atoms with E-state index in [0.29, 0.717) is 0 Å². The van der Waals surface area contributed by atoms with E-state index in [1.54, 1.807) is 0 Å². The molecule has 0 spiro atoms. The number of hydrogen-bond donors (Lipinski definition) is 0. The van der Waals surface area contributed by atoms with Gasteiger partial charge in [0.25, 0.3) is 0 Å². The van der Waals surface area contributed by atoms with Gasteiger partial charge in [0.1, 0.15) is 0 Å². The molecule has 0 atom stereocenters. The molecule has 0 unspecified atom stereocenters. The van der Waals surface area contributed by atoms with Crippen molar-refractivity contribution in [2.75, 3.05) is 6.61 Å². The molecular formula is C17H12CrO6. The van der Waals surface area contributed by atoms with Crippen molar-refractivity contribution >= 4 is 10.6 Å². The normalized spacial score (nSPS) is 12.1. The van der Waals surface area contributed by atoms with Crippen molar-refractivity contribution in [3.8, 4) is 0 Å². The zero-order chi connectivity index (χ0) is 19.8. The van der Waals surface area contributed by atoms with Crippen molar-refractivity contribution in [3.05, 3.63) is 74.7 Å². The molecule has 7 heteroatoms. The summed E-state index contributed by atoms with van der Waals surface area (Å²) in [5, 5.41) is 0. The molecule has 0 saturated carbocycles. The first-order chi connectivity index (χ1) is 11.9. The van der Waals surface area contributed by atoms with Gasteiger partial charge in [0.05, 0.1) is 0 Å². The predicted molar refractivity (Wildman–Crippen MR) is 74.3 cm³/mol. The summed E-state index contributed by atoms with van der Waals surface area (Å²) in [6, 6.07) is 10.3. The summed E-state index contributed by atoms with van der Waals surface area (Å²) < 4.78 is 43.9. The molecule has 0 bridgehead atoms. The van der Waals surface area contributed by atoms with Crippen LogP contribution in [0, 0.1) is 33.3 Å². The maximum absolute atomic E-state index is 7.50. The monoisotopic (exact) mass is 364 g/mol. The van der Waals surface area contributed by atoms with Gasteiger partial charge in [-0.3, -0.25) is 0 Å². The Balaban J connectivity index is -0.000000173. The van der Waals surface area contributed by atoms with Crippen LogP contribution in [0.2, 0.25) is 0 Å². The second-order valence-corrected chi connectivity index (χ2v) is 3.90. The molecule has 1 aromatic rings. The van der Waals surface area contributed by atoms with Gasteiger partial charge >= 0.3 is 149 Å². The van der Waals surface area contributed by atoms with E-state index >= 15 is 0 Å². The molecule has 1 fully saturated rings. The van der Waals surface area contributed by atoms with E-state index in [0.717, 1.165) is 24.0 Å². The molecule has 6 nitrogen and oxygen atoms in total. The maximum atomic E-state index is 7.50. The van der Waals surface area contributed by atoms with E-state index in [1.165, 1.54) is 11.1 Å². The first kappa shape index (κ1) is 30.0. The molecule has 1 saturated heterocycles. The summed E-state index contributed by atoms with van der Waals surface area (Å²) in [5.41, 5.74) is 2.52. The van der Waals surface area contributed by atoms with Gasteiger partial charge in [-0.1, -0.05) is 0 Å².